The van der Waals surface area contributed by atoms with E-state index < -0.39 is 40.5 Å². The molecule has 108 valence electrons. The number of nitrogens with two attached hydrogens (primary N) is 1. The highest BCUT2D eigenvalue weighted by Crippen LogP contribution is 2.44. The monoisotopic (exact) mass is 289 g/mol. The number of nitrogens with zero attached hydrogens (tertiary/aromatic N) is 2. The quantitative estimate of drug-likeness (QED) is 0.665. The van der Waals surface area contributed by atoms with Crippen LogP contribution in [0.15, 0.2) is 23.2 Å². The average Bonchev–Trinajstić information content (AvgIpc) is 2.35. The first-order valence-corrected chi connectivity index (χ1v) is 5.48. The van der Waals surface area contributed by atoms with Gasteiger partial charge < -0.3 is 10.5 Å². The zero-order valence-electron chi connectivity index (χ0n) is 10.3. The van der Waals surface area contributed by atoms with Crippen LogP contribution < -0.4 is 5.73 Å². The standard InChI is InChI=1S/C11H10F3N3O3/c1-10(11(13,14)5-16-9(15)20-10)6-2-3-7(12)8(4-6)17(18)19/h2-4H,5H2,1H3,(H2,15,16)/t10-/m1/s1. The molecule has 1 aromatic rings. The van der Waals surface area contributed by atoms with Crippen LogP contribution in [0.2, 0.25) is 0 Å². The van der Waals surface area contributed by atoms with Crippen molar-refractivity contribution in [1.82, 2.24) is 0 Å². The summed E-state index contributed by atoms with van der Waals surface area (Å²) in [6, 6.07) is 1.99. The van der Waals surface area contributed by atoms with Gasteiger partial charge in [0, 0.05) is 11.6 Å². The molecule has 1 aromatic carbocycles. The van der Waals surface area contributed by atoms with Crippen LogP contribution in [0.4, 0.5) is 18.9 Å². The number of hydrogen-bond acceptors (Lipinski definition) is 5. The minimum atomic E-state index is -3.44. The van der Waals surface area contributed by atoms with Gasteiger partial charge in [0.15, 0.2) is 5.60 Å². The van der Waals surface area contributed by atoms with Crippen molar-refractivity contribution < 1.29 is 22.8 Å². The second kappa shape index (κ2) is 4.36. The number of alkyl halides is 2. The minimum Gasteiger partial charge on any atom is -0.448 e. The number of hydrogen-bond donors (Lipinski definition) is 1. The highest BCUT2D eigenvalue weighted by molar-refractivity contribution is 5.73. The fraction of sp³-hybridized carbons (Fsp3) is 0.364. The van der Waals surface area contributed by atoms with Crippen LogP contribution >= 0.6 is 0 Å². The lowest BCUT2D eigenvalue weighted by Gasteiger charge is -2.39. The first-order chi connectivity index (χ1) is 9.17. The van der Waals surface area contributed by atoms with Crippen molar-refractivity contribution in [3.63, 3.8) is 0 Å². The summed E-state index contributed by atoms with van der Waals surface area (Å²) in [5.41, 5.74) is 1.86. The maximum Gasteiger partial charge on any atom is 0.310 e. The Labute approximate surface area is 111 Å². The predicted octanol–water partition coefficient (Wildman–Crippen LogP) is 1.93. The third kappa shape index (κ3) is 2.04. The van der Waals surface area contributed by atoms with E-state index >= 15 is 0 Å². The van der Waals surface area contributed by atoms with Crippen molar-refractivity contribution in [1.29, 1.82) is 0 Å². The van der Waals surface area contributed by atoms with Gasteiger partial charge in [0.25, 0.3) is 6.02 Å². The van der Waals surface area contributed by atoms with Crippen LogP contribution in [0.1, 0.15) is 12.5 Å². The molecule has 1 aliphatic heterocycles. The van der Waals surface area contributed by atoms with Crippen molar-refractivity contribution in [3.8, 4) is 0 Å². The molecule has 1 aliphatic rings. The predicted molar refractivity (Wildman–Crippen MR) is 62.9 cm³/mol. The normalized spacial score (nSPS) is 24.7. The molecule has 1 heterocycles. The Hall–Kier alpha value is -2.32. The molecule has 0 saturated heterocycles. The maximum absolute atomic E-state index is 14.0. The lowest BCUT2D eigenvalue weighted by molar-refractivity contribution is -0.387. The van der Waals surface area contributed by atoms with E-state index in [1.807, 2.05) is 0 Å². The summed E-state index contributed by atoms with van der Waals surface area (Å²) in [7, 11) is 0. The summed E-state index contributed by atoms with van der Waals surface area (Å²) in [6.07, 6.45) is 0. The zero-order valence-corrected chi connectivity index (χ0v) is 10.3. The fourth-order valence-electron chi connectivity index (χ4n) is 1.86. The Balaban J connectivity index is 2.57. The van der Waals surface area contributed by atoms with E-state index in [4.69, 9.17) is 10.5 Å². The molecule has 1 atom stereocenters. The molecule has 0 radical (unpaired) electrons. The minimum absolute atomic E-state index is 0.256. The van der Waals surface area contributed by atoms with Crippen molar-refractivity contribution in [2.45, 2.75) is 18.4 Å². The van der Waals surface area contributed by atoms with E-state index in [0.29, 0.717) is 6.07 Å². The Bertz CT molecular complexity index is 606. The molecule has 2 rings (SSSR count). The van der Waals surface area contributed by atoms with Gasteiger partial charge in [-0.1, -0.05) is 6.07 Å². The molecule has 0 saturated carbocycles. The lowest BCUT2D eigenvalue weighted by Crippen LogP contribution is -2.53. The summed E-state index contributed by atoms with van der Waals surface area (Å²) in [6.45, 7) is 0.103. The number of benzene rings is 1. The van der Waals surface area contributed by atoms with Gasteiger partial charge in [-0.05, 0) is 13.0 Å². The van der Waals surface area contributed by atoms with Crippen LogP contribution in [0, 0.1) is 15.9 Å². The van der Waals surface area contributed by atoms with Gasteiger partial charge in [-0.3, -0.25) is 10.1 Å². The molecule has 20 heavy (non-hydrogen) atoms. The molecule has 0 bridgehead atoms. The Morgan fingerprint density at radius 1 is 1.50 bits per heavy atom. The molecular formula is C11H10F3N3O3. The van der Waals surface area contributed by atoms with Gasteiger partial charge in [-0.2, -0.15) is 13.2 Å². The molecule has 2 N–H and O–H groups in total. The van der Waals surface area contributed by atoms with E-state index in [-0.39, 0.29) is 5.56 Å². The number of ether oxygens (including phenoxy) is 1. The van der Waals surface area contributed by atoms with Crippen molar-refractivity contribution in [3.05, 3.63) is 39.7 Å². The van der Waals surface area contributed by atoms with Crippen LogP contribution in [-0.2, 0) is 10.3 Å². The van der Waals surface area contributed by atoms with E-state index in [1.54, 1.807) is 0 Å². The third-order valence-electron chi connectivity index (χ3n) is 3.13. The summed E-state index contributed by atoms with van der Waals surface area (Å²) < 4.78 is 46.1. The maximum atomic E-state index is 14.0. The Morgan fingerprint density at radius 3 is 2.75 bits per heavy atom. The van der Waals surface area contributed by atoms with E-state index in [0.717, 1.165) is 19.1 Å². The van der Waals surface area contributed by atoms with Crippen molar-refractivity contribution in [2.24, 2.45) is 10.7 Å². The molecule has 0 spiro atoms. The van der Waals surface area contributed by atoms with Crippen LogP contribution in [0.3, 0.4) is 0 Å². The molecule has 0 aliphatic carbocycles. The molecule has 9 heteroatoms. The van der Waals surface area contributed by atoms with Gasteiger partial charge in [0.1, 0.15) is 6.54 Å². The van der Waals surface area contributed by atoms with Crippen molar-refractivity contribution in [2.75, 3.05) is 6.54 Å². The SMILES string of the molecule is C[C@]1(c2ccc(F)c([N+](=O)[O-])c2)OC(N)=NCC1(F)F. The Morgan fingerprint density at radius 2 is 2.15 bits per heavy atom. The molecule has 0 unspecified atom stereocenters. The smallest absolute Gasteiger partial charge is 0.310 e. The second-order valence-electron chi connectivity index (χ2n) is 4.42. The van der Waals surface area contributed by atoms with Gasteiger partial charge in [0.2, 0.25) is 5.82 Å². The number of nitro benzene ring substituents is 1. The number of amidine groups is 1. The zero-order chi connectivity index (χ0) is 15.1. The lowest BCUT2D eigenvalue weighted by atomic mass is 9.87. The van der Waals surface area contributed by atoms with Gasteiger partial charge in [-0.15, -0.1) is 0 Å². The largest absolute Gasteiger partial charge is 0.448 e. The average molecular weight is 289 g/mol. The van der Waals surface area contributed by atoms with Gasteiger partial charge in [0.05, 0.1) is 4.92 Å². The molecule has 0 aromatic heterocycles. The molecular weight excluding hydrogens is 279 g/mol. The van der Waals surface area contributed by atoms with E-state index in [9.17, 15) is 23.3 Å². The van der Waals surface area contributed by atoms with E-state index in [1.165, 1.54) is 0 Å². The fourth-order valence-corrected chi connectivity index (χ4v) is 1.86. The highest BCUT2D eigenvalue weighted by atomic mass is 19.3. The first-order valence-electron chi connectivity index (χ1n) is 5.48. The van der Waals surface area contributed by atoms with Crippen molar-refractivity contribution >= 4 is 11.7 Å². The number of aliphatic imine (C=N–C) groups is 1. The van der Waals surface area contributed by atoms with Crippen LogP contribution in [-0.4, -0.2) is 23.4 Å². The number of rotatable bonds is 2. The second-order valence-corrected chi connectivity index (χ2v) is 4.42. The molecule has 0 fully saturated rings. The topological polar surface area (TPSA) is 90.8 Å². The van der Waals surface area contributed by atoms with Gasteiger partial charge >= 0.3 is 11.6 Å². The third-order valence-corrected chi connectivity index (χ3v) is 3.13. The summed E-state index contributed by atoms with van der Waals surface area (Å²) in [5.74, 6) is -4.57. The van der Waals surface area contributed by atoms with E-state index in [2.05, 4.69) is 4.99 Å². The Kier molecular flexibility index (Phi) is 3.07. The number of halogens is 3. The summed E-state index contributed by atoms with van der Waals surface area (Å²) in [5, 5.41) is 10.7. The van der Waals surface area contributed by atoms with Crippen LogP contribution in [0.5, 0.6) is 0 Å². The van der Waals surface area contributed by atoms with Gasteiger partial charge in [-0.25, -0.2) is 4.99 Å². The summed E-state index contributed by atoms with van der Waals surface area (Å²) >= 11 is 0. The molecule has 0 amide bonds. The highest BCUT2D eigenvalue weighted by Gasteiger charge is 2.56. The summed E-state index contributed by atoms with van der Waals surface area (Å²) in [4.78, 5) is 13.0. The molecule has 6 nitrogen and oxygen atoms in total. The first kappa shape index (κ1) is 14.1. The number of nitro groups is 1. The van der Waals surface area contributed by atoms with Crippen LogP contribution in [0.25, 0.3) is 0 Å².